The molecule has 2 atom stereocenters. The van der Waals surface area contributed by atoms with Crippen LogP contribution in [-0.4, -0.2) is 39.3 Å². The molecule has 5 nitrogen and oxygen atoms in total. The molecule has 0 radical (unpaired) electrons. The lowest BCUT2D eigenvalue weighted by Crippen LogP contribution is -2.18. The standard InChI is InChI=1S/C18H21N3O2S2/c1-12(8-9-25(3)22)21-17-16-15(10-24-18(16)20-11-19-17)13-4-6-14(23-2)7-5-13/h4-7,10-12H,8-9H2,1-3H3,(H,19,20,21)/t12-,25+/m0/s1. The van der Waals surface area contributed by atoms with Crippen LogP contribution in [0.5, 0.6) is 5.75 Å². The van der Waals surface area contributed by atoms with Gasteiger partial charge >= 0.3 is 0 Å². The van der Waals surface area contributed by atoms with E-state index in [9.17, 15) is 4.21 Å². The van der Waals surface area contributed by atoms with Crippen LogP contribution in [0.25, 0.3) is 21.3 Å². The Morgan fingerprint density at radius 1 is 1.28 bits per heavy atom. The summed E-state index contributed by atoms with van der Waals surface area (Å²) in [5.74, 6) is 2.34. The fourth-order valence-electron chi connectivity index (χ4n) is 2.62. The van der Waals surface area contributed by atoms with Crippen molar-refractivity contribution in [2.24, 2.45) is 0 Å². The lowest BCUT2D eigenvalue weighted by Gasteiger charge is -2.15. The van der Waals surface area contributed by atoms with Gasteiger partial charge in [-0.25, -0.2) is 9.97 Å². The molecule has 0 spiro atoms. The van der Waals surface area contributed by atoms with Gasteiger partial charge in [-0.05, 0) is 31.0 Å². The number of anilines is 1. The fraction of sp³-hybridized carbons (Fsp3) is 0.333. The molecular formula is C18H21N3O2S2. The highest BCUT2D eigenvalue weighted by molar-refractivity contribution is 7.84. The van der Waals surface area contributed by atoms with Crippen LogP contribution in [0.2, 0.25) is 0 Å². The van der Waals surface area contributed by atoms with Crippen LogP contribution in [0.1, 0.15) is 13.3 Å². The number of hydrogen-bond donors (Lipinski definition) is 1. The first-order valence-corrected chi connectivity index (χ1v) is 10.6. The molecule has 0 unspecified atom stereocenters. The third-order valence-corrected chi connectivity index (χ3v) is 5.69. The molecular weight excluding hydrogens is 354 g/mol. The minimum Gasteiger partial charge on any atom is -0.497 e. The van der Waals surface area contributed by atoms with Crippen LogP contribution < -0.4 is 10.1 Å². The zero-order valence-corrected chi connectivity index (χ0v) is 16.1. The first kappa shape index (κ1) is 17.8. The highest BCUT2D eigenvalue weighted by Gasteiger charge is 2.15. The van der Waals surface area contributed by atoms with Crippen LogP contribution in [-0.2, 0) is 10.8 Å². The largest absolute Gasteiger partial charge is 0.497 e. The maximum atomic E-state index is 11.3. The highest BCUT2D eigenvalue weighted by atomic mass is 32.2. The molecule has 0 saturated carbocycles. The number of aromatic nitrogens is 2. The Bertz CT molecular complexity index is 878. The molecule has 0 aliphatic heterocycles. The van der Waals surface area contributed by atoms with E-state index in [1.807, 2.05) is 24.3 Å². The lowest BCUT2D eigenvalue weighted by molar-refractivity contribution is 0.415. The molecule has 25 heavy (non-hydrogen) atoms. The molecule has 0 fully saturated rings. The zero-order valence-electron chi connectivity index (χ0n) is 14.5. The first-order chi connectivity index (χ1) is 12.1. The van der Waals surface area contributed by atoms with Crippen molar-refractivity contribution in [3.8, 4) is 16.9 Å². The van der Waals surface area contributed by atoms with Crippen molar-refractivity contribution in [2.45, 2.75) is 19.4 Å². The van der Waals surface area contributed by atoms with Crippen molar-refractivity contribution >= 4 is 38.2 Å². The molecule has 1 aromatic carbocycles. The number of ether oxygens (including phenoxy) is 1. The van der Waals surface area contributed by atoms with Gasteiger partial charge in [0.2, 0.25) is 0 Å². The Hall–Kier alpha value is -1.99. The minimum absolute atomic E-state index is 0.186. The highest BCUT2D eigenvalue weighted by Crippen LogP contribution is 2.37. The van der Waals surface area contributed by atoms with Crippen LogP contribution in [0, 0.1) is 0 Å². The van der Waals surface area contributed by atoms with E-state index in [1.54, 1.807) is 31.0 Å². The number of nitrogens with one attached hydrogen (secondary N) is 1. The number of benzene rings is 1. The van der Waals surface area contributed by atoms with Gasteiger partial charge in [0, 0.05) is 39.8 Å². The van der Waals surface area contributed by atoms with Gasteiger partial charge in [0.1, 0.15) is 22.7 Å². The third kappa shape index (κ3) is 4.16. The summed E-state index contributed by atoms with van der Waals surface area (Å²) in [6.07, 6.45) is 4.15. The predicted molar refractivity (Wildman–Crippen MR) is 106 cm³/mol. The smallest absolute Gasteiger partial charge is 0.139 e. The maximum absolute atomic E-state index is 11.3. The van der Waals surface area contributed by atoms with E-state index in [2.05, 4.69) is 27.6 Å². The molecule has 0 bridgehead atoms. The Kier molecular flexibility index (Phi) is 5.65. The third-order valence-electron chi connectivity index (χ3n) is 3.99. The van der Waals surface area contributed by atoms with E-state index in [0.717, 1.165) is 39.3 Å². The predicted octanol–water partition coefficient (Wildman–Crippen LogP) is 3.94. The topological polar surface area (TPSA) is 64.1 Å². The Labute approximate surface area is 153 Å². The molecule has 1 N–H and O–H groups in total. The number of rotatable bonds is 7. The molecule has 0 aliphatic rings. The summed E-state index contributed by atoms with van der Waals surface area (Å²) in [4.78, 5) is 9.80. The van der Waals surface area contributed by atoms with Gasteiger partial charge < -0.3 is 10.1 Å². The van der Waals surface area contributed by atoms with E-state index in [1.165, 1.54) is 0 Å². The number of methoxy groups -OCH3 is 1. The molecule has 3 aromatic rings. The second-order valence-electron chi connectivity index (χ2n) is 5.89. The summed E-state index contributed by atoms with van der Waals surface area (Å²) in [5, 5.41) is 6.59. The van der Waals surface area contributed by atoms with Crippen LogP contribution in [0.15, 0.2) is 36.0 Å². The summed E-state index contributed by atoms with van der Waals surface area (Å²) in [5.41, 5.74) is 2.21. The van der Waals surface area contributed by atoms with Gasteiger partial charge in [-0.2, -0.15) is 0 Å². The number of thiophene rings is 1. The van der Waals surface area contributed by atoms with E-state index in [-0.39, 0.29) is 6.04 Å². The van der Waals surface area contributed by atoms with Crippen molar-refractivity contribution in [2.75, 3.05) is 24.4 Å². The van der Waals surface area contributed by atoms with E-state index in [4.69, 9.17) is 4.74 Å². The van der Waals surface area contributed by atoms with Crippen molar-refractivity contribution in [3.05, 3.63) is 36.0 Å². The average molecular weight is 376 g/mol. The zero-order chi connectivity index (χ0) is 17.8. The second-order valence-corrected chi connectivity index (χ2v) is 8.30. The average Bonchev–Trinajstić information content (AvgIpc) is 3.05. The number of hydrogen-bond acceptors (Lipinski definition) is 6. The molecule has 7 heteroatoms. The van der Waals surface area contributed by atoms with Gasteiger partial charge in [0.25, 0.3) is 0 Å². The second kappa shape index (κ2) is 7.93. The van der Waals surface area contributed by atoms with E-state index in [0.29, 0.717) is 5.75 Å². The molecule has 0 saturated heterocycles. The minimum atomic E-state index is -0.783. The quantitative estimate of drug-likeness (QED) is 0.678. The molecule has 0 aliphatic carbocycles. The molecule has 2 aromatic heterocycles. The van der Waals surface area contributed by atoms with E-state index >= 15 is 0 Å². The Balaban J connectivity index is 1.93. The monoisotopic (exact) mass is 375 g/mol. The SMILES string of the molecule is COc1ccc(-c2csc3ncnc(N[C@@H](C)CC[S@@](C)=O)c23)cc1. The van der Waals surface area contributed by atoms with Crippen molar-refractivity contribution < 1.29 is 8.95 Å². The molecule has 132 valence electrons. The summed E-state index contributed by atoms with van der Waals surface area (Å²) < 4.78 is 16.5. The van der Waals surface area contributed by atoms with Crippen molar-refractivity contribution in [1.82, 2.24) is 9.97 Å². The first-order valence-electron chi connectivity index (χ1n) is 8.01. The summed E-state index contributed by atoms with van der Waals surface area (Å²) in [7, 11) is 0.879. The van der Waals surface area contributed by atoms with Crippen LogP contribution in [0.4, 0.5) is 5.82 Å². The van der Waals surface area contributed by atoms with Crippen molar-refractivity contribution in [1.29, 1.82) is 0 Å². The van der Waals surface area contributed by atoms with Gasteiger partial charge in [-0.1, -0.05) is 12.1 Å². The fourth-order valence-corrected chi connectivity index (χ4v) is 4.22. The van der Waals surface area contributed by atoms with Gasteiger partial charge in [-0.3, -0.25) is 4.21 Å². The Morgan fingerprint density at radius 3 is 2.72 bits per heavy atom. The van der Waals surface area contributed by atoms with Crippen LogP contribution >= 0.6 is 11.3 Å². The lowest BCUT2D eigenvalue weighted by atomic mass is 10.1. The van der Waals surface area contributed by atoms with Gasteiger partial charge in [-0.15, -0.1) is 11.3 Å². The normalized spacial score (nSPS) is 13.6. The number of nitrogens with zero attached hydrogens (tertiary/aromatic N) is 2. The number of fused-ring (bicyclic) bond motifs is 1. The van der Waals surface area contributed by atoms with Gasteiger partial charge in [0.15, 0.2) is 0 Å². The summed E-state index contributed by atoms with van der Waals surface area (Å²) in [6.45, 7) is 2.08. The summed E-state index contributed by atoms with van der Waals surface area (Å²) in [6, 6.07) is 8.18. The summed E-state index contributed by atoms with van der Waals surface area (Å²) >= 11 is 1.61. The van der Waals surface area contributed by atoms with E-state index < -0.39 is 10.8 Å². The molecule has 0 amide bonds. The van der Waals surface area contributed by atoms with Gasteiger partial charge in [0.05, 0.1) is 12.5 Å². The molecule has 2 heterocycles. The Morgan fingerprint density at radius 2 is 2.04 bits per heavy atom. The van der Waals surface area contributed by atoms with Crippen LogP contribution in [0.3, 0.4) is 0 Å². The molecule has 3 rings (SSSR count). The maximum Gasteiger partial charge on any atom is 0.139 e. The van der Waals surface area contributed by atoms with Crippen molar-refractivity contribution in [3.63, 3.8) is 0 Å².